The van der Waals surface area contributed by atoms with Crippen molar-refractivity contribution in [1.82, 2.24) is 10.3 Å². The van der Waals surface area contributed by atoms with Gasteiger partial charge < -0.3 is 15.0 Å². The molecule has 0 saturated heterocycles. The van der Waals surface area contributed by atoms with Gasteiger partial charge in [-0.1, -0.05) is 12.1 Å². The standard InChI is InChI=1S/C13H18N2O/c1-16-8-2-6-14-10-11-3-4-12-5-7-15-13(12)9-11/h3-5,7,9,14-15H,2,6,8,10H2,1H3. The van der Waals surface area contributed by atoms with E-state index in [0.717, 1.165) is 26.1 Å². The molecule has 0 aliphatic rings. The number of ether oxygens (including phenoxy) is 1. The minimum absolute atomic E-state index is 0.822. The van der Waals surface area contributed by atoms with E-state index in [1.807, 2.05) is 6.20 Å². The van der Waals surface area contributed by atoms with Crippen molar-refractivity contribution in [3.63, 3.8) is 0 Å². The summed E-state index contributed by atoms with van der Waals surface area (Å²) in [6.07, 6.45) is 3.03. The Bertz CT molecular complexity index is 436. The number of benzene rings is 1. The molecular formula is C13H18N2O. The monoisotopic (exact) mass is 218 g/mol. The molecule has 3 nitrogen and oxygen atoms in total. The fraction of sp³-hybridized carbons (Fsp3) is 0.385. The normalized spacial score (nSPS) is 11.1. The Kier molecular flexibility index (Phi) is 3.97. The minimum Gasteiger partial charge on any atom is -0.385 e. The first-order chi connectivity index (χ1) is 7.90. The molecular weight excluding hydrogens is 200 g/mol. The van der Waals surface area contributed by atoms with E-state index in [1.54, 1.807) is 7.11 Å². The molecule has 0 aliphatic carbocycles. The van der Waals surface area contributed by atoms with Crippen LogP contribution in [0, 0.1) is 0 Å². The molecule has 1 aromatic heterocycles. The van der Waals surface area contributed by atoms with Crippen LogP contribution in [0.2, 0.25) is 0 Å². The van der Waals surface area contributed by atoms with Gasteiger partial charge in [0.05, 0.1) is 0 Å². The SMILES string of the molecule is COCCCNCc1ccc2cc[nH]c2c1. The van der Waals surface area contributed by atoms with E-state index in [0.29, 0.717) is 0 Å². The van der Waals surface area contributed by atoms with Crippen LogP contribution in [-0.4, -0.2) is 25.2 Å². The lowest BCUT2D eigenvalue weighted by Gasteiger charge is -2.04. The van der Waals surface area contributed by atoms with Crippen LogP contribution in [0.5, 0.6) is 0 Å². The lowest BCUT2D eigenvalue weighted by atomic mass is 10.1. The third-order valence-corrected chi connectivity index (χ3v) is 2.65. The summed E-state index contributed by atoms with van der Waals surface area (Å²) < 4.78 is 5.00. The number of fused-ring (bicyclic) bond motifs is 1. The molecule has 0 saturated carbocycles. The van der Waals surface area contributed by atoms with Crippen molar-refractivity contribution in [3.8, 4) is 0 Å². The Hall–Kier alpha value is -1.32. The second kappa shape index (κ2) is 5.68. The summed E-state index contributed by atoms with van der Waals surface area (Å²) in [6.45, 7) is 2.73. The molecule has 0 radical (unpaired) electrons. The molecule has 0 amide bonds. The summed E-state index contributed by atoms with van der Waals surface area (Å²) in [4.78, 5) is 3.22. The highest BCUT2D eigenvalue weighted by Gasteiger charge is 1.96. The maximum atomic E-state index is 5.00. The van der Waals surface area contributed by atoms with Gasteiger partial charge in [-0.2, -0.15) is 0 Å². The zero-order valence-electron chi connectivity index (χ0n) is 9.62. The predicted octanol–water partition coefficient (Wildman–Crippen LogP) is 2.29. The quantitative estimate of drug-likeness (QED) is 0.730. The highest BCUT2D eigenvalue weighted by atomic mass is 16.5. The van der Waals surface area contributed by atoms with Gasteiger partial charge in [0, 0.05) is 32.0 Å². The molecule has 0 fully saturated rings. The first-order valence-electron chi connectivity index (χ1n) is 5.66. The van der Waals surface area contributed by atoms with E-state index in [9.17, 15) is 0 Å². The van der Waals surface area contributed by atoms with Crippen molar-refractivity contribution in [1.29, 1.82) is 0 Å². The summed E-state index contributed by atoms with van der Waals surface area (Å²) in [7, 11) is 1.74. The molecule has 2 rings (SSSR count). The number of hydrogen-bond donors (Lipinski definition) is 2. The molecule has 1 heterocycles. The van der Waals surface area contributed by atoms with E-state index < -0.39 is 0 Å². The summed E-state index contributed by atoms with van der Waals surface area (Å²) in [5, 5.41) is 4.67. The van der Waals surface area contributed by atoms with Crippen LogP contribution in [0.25, 0.3) is 10.9 Å². The molecule has 0 bridgehead atoms. The second-order valence-corrected chi connectivity index (χ2v) is 3.92. The van der Waals surface area contributed by atoms with E-state index in [2.05, 4.69) is 34.6 Å². The zero-order valence-corrected chi connectivity index (χ0v) is 9.62. The lowest BCUT2D eigenvalue weighted by molar-refractivity contribution is 0.194. The third-order valence-electron chi connectivity index (χ3n) is 2.65. The van der Waals surface area contributed by atoms with Crippen molar-refractivity contribution in [2.24, 2.45) is 0 Å². The van der Waals surface area contributed by atoms with Crippen molar-refractivity contribution in [3.05, 3.63) is 36.0 Å². The number of hydrogen-bond acceptors (Lipinski definition) is 2. The van der Waals surface area contributed by atoms with Crippen molar-refractivity contribution in [2.75, 3.05) is 20.3 Å². The molecule has 0 unspecified atom stereocenters. The van der Waals surface area contributed by atoms with Gasteiger partial charge in [0.1, 0.15) is 0 Å². The van der Waals surface area contributed by atoms with Crippen molar-refractivity contribution < 1.29 is 4.74 Å². The Labute approximate surface area is 95.8 Å². The van der Waals surface area contributed by atoms with Gasteiger partial charge in [0.2, 0.25) is 0 Å². The lowest BCUT2D eigenvalue weighted by Crippen LogP contribution is -2.15. The third kappa shape index (κ3) is 2.84. The molecule has 16 heavy (non-hydrogen) atoms. The van der Waals surface area contributed by atoms with Crippen LogP contribution in [0.15, 0.2) is 30.5 Å². The van der Waals surface area contributed by atoms with Gasteiger partial charge >= 0.3 is 0 Å². The largest absolute Gasteiger partial charge is 0.385 e. The maximum absolute atomic E-state index is 5.00. The van der Waals surface area contributed by atoms with E-state index in [4.69, 9.17) is 4.74 Å². The Morgan fingerprint density at radius 1 is 1.31 bits per heavy atom. The predicted molar refractivity (Wildman–Crippen MR) is 66.5 cm³/mol. The number of aromatic amines is 1. The molecule has 1 aromatic carbocycles. The fourth-order valence-corrected chi connectivity index (χ4v) is 1.78. The van der Waals surface area contributed by atoms with Crippen LogP contribution in [0.1, 0.15) is 12.0 Å². The second-order valence-electron chi connectivity index (χ2n) is 3.92. The zero-order chi connectivity index (χ0) is 11.2. The molecule has 0 spiro atoms. The average Bonchev–Trinajstić information content (AvgIpc) is 2.76. The van der Waals surface area contributed by atoms with Gasteiger partial charge in [-0.15, -0.1) is 0 Å². The van der Waals surface area contributed by atoms with Crippen LogP contribution in [-0.2, 0) is 11.3 Å². The summed E-state index contributed by atoms with van der Waals surface area (Å²) in [6, 6.07) is 8.60. The van der Waals surface area contributed by atoms with Gasteiger partial charge in [-0.25, -0.2) is 0 Å². The van der Waals surface area contributed by atoms with E-state index in [1.165, 1.54) is 16.5 Å². The smallest absolute Gasteiger partial charge is 0.0474 e. The van der Waals surface area contributed by atoms with Crippen LogP contribution in [0.4, 0.5) is 0 Å². The summed E-state index contributed by atoms with van der Waals surface area (Å²) >= 11 is 0. The van der Waals surface area contributed by atoms with Crippen LogP contribution in [0.3, 0.4) is 0 Å². The molecule has 0 aliphatic heterocycles. The minimum atomic E-state index is 0.822. The van der Waals surface area contributed by atoms with E-state index in [-0.39, 0.29) is 0 Å². The van der Waals surface area contributed by atoms with Crippen molar-refractivity contribution in [2.45, 2.75) is 13.0 Å². The summed E-state index contributed by atoms with van der Waals surface area (Å²) in [5.41, 5.74) is 2.52. The van der Waals surface area contributed by atoms with Gasteiger partial charge in [-0.3, -0.25) is 0 Å². The molecule has 3 heteroatoms. The van der Waals surface area contributed by atoms with Gasteiger partial charge in [-0.05, 0) is 36.0 Å². The molecule has 2 aromatic rings. The Morgan fingerprint density at radius 2 is 2.25 bits per heavy atom. The number of rotatable bonds is 6. The number of methoxy groups -OCH3 is 1. The first-order valence-corrected chi connectivity index (χ1v) is 5.66. The Morgan fingerprint density at radius 3 is 3.12 bits per heavy atom. The maximum Gasteiger partial charge on any atom is 0.0474 e. The van der Waals surface area contributed by atoms with Crippen molar-refractivity contribution >= 4 is 10.9 Å². The van der Waals surface area contributed by atoms with Gasteiger partial charge in [0.25, 0.3) is 0 Å². The van der Waals surface area contributed by atoms with E-state index >= 15 is 0 Å². The number of H-pyrrole nitrogens is 1. The fourth-order valence-electron chi connectivity index (χ4n) is 1.78. The summed E-state index contributed by atoms with van der Waals surface area (Å²) in [5.74, 6) is 0. The molecule has 0 atom stereocenters. The van der Waals surface area contributed by atoms with Gasteiger partial charge in [0.15, 0.2) is 0 Å². The van der Waals surface area contributed by atoms with Crippen LogP contribution < -0.4 is 5.32 Å². The Balaban J connectivity index is 1.84. The molecule has 86 valence electrons. The highest BCUT2D eigenvalue weighted by Crippen LogP contribution is 2.13. The van der Waals surface area contributed by atoms with Crippen LogP contribution >= 0.6 is 0 Å². The number of aromatic nitrogens is 1. The topological polar surface area (TPSA) is 37.0 Å². The molecule has 2 N–H and O–H groups in total. The highest BCUT2D eigenvalue weighted by molar-refractivity contribution is 5.79. The number of nitrogens with one attached hydrogen (secondary N) is 2. The average molecular weight is 218 g/mol. The first kappa shape index (κ1) is 11.2.